The Hall–Kier alpha value is -2.14. The van der Waals surface area contributed by atoms with E-state index in [9.17, 15) is 9.90 Å². The number of nitrogens with one attached hydrogen (secondary N) is 1. The van der Waals surface area contributed by atoms with E-state index in [0.717, 1.165) is 36.2 Å². The number of aliphatic hydroxyl groups excluding tert-OH is 1. The fourth-order valence-electron chi connectivity index (χ4n) is 2.93. The minimum atomic E-state index is -0.657. The number of amides is 1. The van der Waals surface area contributed by atoms with Crippen LogP contribution < -0.4 is 5.32 Å². The molecule has 0 saturated heterocycles. The van der Waals surface area contributed by atoms with Crippen molar-refractivity contribution in [2.75, 3.05) is 6.61 Å². The van der Waals surface area contributed by atoms with Crippen molar-refractivity contribution in [1.82, 2.24) is 15.1 Å². The van der Waals surface area contributed by atoms with Gasteiger partial charge in [-0.25, -0.2) is 4.68 Å². The van der Waals surface area contributed by atoms with Crippen LogP contribution >= 0.6 is 0 Å². The molecular weight excluding hydrogens is 290 g/mol. The van der Waals surface area contributed by atoms with Crippen molar-refractivity contribution in [3.05, 3.63) is 46.8 Å². The highest BCUT2D eigenvalue weighted by Crippen LogP contribution is 2.28. The summed E-state index contributed by atoms with van der Waals surface area (Å²) < 4.78 is 1.89. The van der Waals surface area contributed by atoms with Crippen molar-refractivity contribution in [2.24, 2.45) is 0 Å². The molecule has 1 aromatic heterocycles. The predicted octanol–water partition coefficient (Wildman–Crippen LogP) is 2.17. The van der Waals surface area contributed by atoms with Crippen LogP contribution in [0.3, 0.4) is 0 Å². The van der Waals surface area contributed by atoms with Crippen LogP contribution in [0.1, 0.15) is 47.6 Å². The number of rotatable bonds is 4. The molecule has 0 fully saturated rings. The number of hydrogen-bond donors (Lipinski definition) is 2. The molecule has 0 spiro atoms. The molecule has 1 heterocycles. The standard InChI is InChI=1S/C18H23N3O2/c1-12-7-9-13(10-8-12)21-15-6-4-5-14(15)16(20-21)17(23)19-18(2,3)11-22/h7-10,22H,4-6,11H2,1-3H3,(H,19,23). The van der Waals surface area contributed by atoms with E-state index < -0.39 is 5.54 Å². The number of carbonyl (C=O) groups excluding carboxylic acids is 1. The maximum absolute atomic E-state index is 12.6. The van der Waals surface area contributed by atoms with Gasteiger partial charge in [0.15, 0.2) is 5.69 Å². The lowest BCUT2D eigenvalue weighted by Crippen LogP contribution is -2.46. The van der Waals surface area contributed by atoms with Crippen LogP contribution in [0.5, 0.6) is 0 Å². The van der Waals surface area contributed by atoms with Crippen LogP contribution in [0.2, 0.25) is 0 Å². The fourth-order valence-corrected chi connectivity index (χ4v) is 2.93. The van der Waals surface area contributed by atoms with Gasteiger partial charge in [0.1, 0.15) is 0 Å². The first-order chi connectivity index (χ1) is 10.9. The third-order valence-electron chi connectivity index (χ3n) is 4.27. The molecule has 23 heavy (non-hydrogen) atoms. The second-order valence-electron chi connectivity index (χ2n) is 6.87. The molecule has 3 rings (SSSR count). The van der Waals surface area contributed by atoms with Gasteiger partial charge in [-0.1, -0.05) is 17.7 Å². The molecule has 2 aromatic rings. The molecule has 1 aromatic carbocycles. The Kier molecular flexibility index (Phi) is 3.98. The number of aryl methyl sites for hydroxylation is 1. The second kappa shape index (κ2) is 5.81. The van der Waals surface area contributed by atoms with E-state index >= 15 is 0 Å². The van der Waals surface area contributed by atoms with E-state index in [-0.39, 0.29) is 12.5 Å². The van der Waals surface area contributed by atoms with Gasteiger partial charge in [-0.15, -0.1) is 0 Å². The van der Waals surface area contributed by atoms with Gasteiger partial charge in [-0.3, -0.25) is 4.79 Å². The van der Waals surface area contributed by atoms with Crippen LogP contribution in [0.25, 0.3) is 5.69 Å². The normalized spacial score (nSPS) is 13.9. The molecule has 1 amide bonds. The van der Waals surface area contributed by atoms with Crippen LogP contribution in [0.15, 0.2) is 24.3 Å². The van der Waals surface area contributed by atoms with E-state index in [1.165, 1.54) is 5.56 Å². The number of fused-ring (bicyclic) bond motifs is 1. The number of aliphatic hydroxyl groups is 1. The molecule has 5 nitrogen and oxygen atoms in total. The summed E-state index contributed by atoms with van der Waals surface area (Å²) in [5, 5.41) is 16.8. The molecule has 1 aliphatic rings. The van der Waals surface area contributed by atoms with Gasteiger partial charge >= 0.3 is 0 Å². The van der Waals surface area contributed by atoms with Crippen LogP contribution in [-0.4, -0.2) is 32.9 Å². The lowest BCUT2D eigenvalue weighted by molar-refractivity contribution is 0.0863. The molecule has 0 radical (unpaired) electrons. The summed E-state index contributed by atoms with van der Waals surface area (Å²) in [4.78, 5) is 12.6. The molecular formula is C18H23N3O2. The van der Waals surface area contributed by atoms with E-state index in [1.54, 1.807) is 13.8 Å². The van der Waals surface area contributed by atoms with Crippen molar-refractivity contribution in [3.63, 3.8) is 0 Å². The molecule has 2 N–H and O–H groups in total. The Morgan fingerprint density at radius 3 is 2.65 bits per heavy atom. The average molecular weight is 313 g/mol. The summed E-state index contributed by atoms with van der Waals surface area (Å²) in [6.07, 6.45) is 2.86. The van der Waals surface area contributed by atoms with Crippen LogP contribution in [0, 0.1) is 6.92 Å². The molecule has 5 heteroatoms. The quantitative estimate of drug-likeness (QED) is 0.909. The summed E-state index contributed by atoms with van der Waals surface area (Å²) in [6, 6.07) is 8.15. The fraction of sp³-hybridized carbons (Fsp3) is 0.444. The lowest BCUT2D eigenvalue weighted by atomic mass is 10.1. The first kappa shape index (κ1) is 15.7. The Morgan fingerprint density at radius 2 is 2.00 bits per heavy atom. The Bertz CT molecular complexity index is 729. The van der Waals surface area contributed by atoms with Gasteiger partial charge in [0, 0.05) is 11.3 Å². The van der Waals surface area contributed by atoms with E-state index in [2.05, 4.69) is 10.4 Å². The summed E-state index contributed by atoms with van der Waals surface area (Å²) in [6.45, 7) is 5.52. The van der Waals surface area contributed by atoms with Crippen molar-refractivity contribution in [3.8, 4) is 5.69 Å². The van der Waals surface area contributed by atoms with Gasteiger partial charge in [-0.2, -0.15) is 5.10 Å². The number of hydrogen-bond acceptors (Lipinski definition) is 3. The van der Waals surface area contributed by atoms with Crippen LogP contribution in [0.4, 0.5) is 0 Å². The highest BCUT2D eigenvalue weighted by Gasteiger charge is 2.29. The molecule has 0 bridgehead atoms. The van der Waals surface area contributed by atoms with Gasteiger partial charge in [0.2, 0.25) is 0 Å². The molecule has 0 atom stereocenters. The minimum absolute atomic E-state index is 0.112. The second-order valence-corrected chi connectivity index (χ2v) is 6.87. The smallest absolute Gasteiger partial charge is 0.272 e. The van der Waals surface area contributed by atoms with Gasteiger partial charge in [0.05, 0.1) is 17.8 Å². The van der Waals surface area contributed by atoms with Crippen molar-refractivity contribution in [2.45, 2.75) is 45.6 Å². The topological polar surface area (TPSA) is 67.2 Å². The van der Waals surface area contributed by atoms with Crippen LogP contribution in [-0.2, 0) is 12.8 Å². The zero-order chi connectivity index (χ0) is 16.6. The number of nitrogens with zero attached hydrogens (tertiary/aromatic N) is 2. The molecule has 0 saturated carbocycles. The highest BCUT2D eigenvalue weighted by atomic mass is 16.3. The Labute approximate surface area is 136 Å². The van der Waals surface area contributed by atoms with Gasteiger partial charge < -0.3 is 10.4 Å². The third-order valence-corrected chi connectivity index (χ3v) is 4.27. The predicted molar refractivity (Wildman–Crippen MR) is 89.0 cm³/mol. The van der Waals surface area contributed by atoms with Crippen molar-refractivity contribution >= 4 is 5.91 Å². The highest BCUT2D eigenvalue weighted by molar-refractivity contribution is 5.94. The summed E-state index contributed by atoms with van der Waals surface area (Å²) in [5.74, 6) is -0.215. The minimum Gasteiger partial charge on any atom is -0.394 e. The average Bonchev–Trinajstić information content (AvgIpc) is 3.10. The number of benzene rings is 1. The Balaban J connectivity index is 1.99. The van der Waals surface area contributed by atoms with Gasteiger partial charge in [-0.05, 0) is 52.2 Å². The summed E-state index contributed by atoms with van der Waals surface area (Å²) >= 11 is 0. The number of carbonyl (C=O) groups is 1. The maximum Gasteiger partial charge on any atom is 0.272 e. The first-order valence-corrected chi connectivity index (χ1v) is 8.02. The van der Waals surface area contributed by atoms with Gasteiger partial charge in [0.25, 0.3) is 5.91 Å². The maximum atomic E-state index is 12.6. The molecule has 1 aliphatic carbocycles. The van der Waals surface area contributed by atoms with Crippen molar-refractivity contribution < 1.29 is 9.90 Å². The monoisotopic (exact) mass is 313 g/mol. The lowest BCUT2D eigenvalue weighted by Gasteiger charge is -2.22. The van der Waals surface area contributed by atoms with E-state index in [1.807, 2.05) is 35.9 Å². The molecule has 122 valence electrons. The molecule has 0 unspecified atom stereocenters. The van der Waals surface area contributed by atoms with Crippen molar-refractivity contribution in [1.29, 1.82) is 0 Å². The third kappa shape index (κ3) is 3.01. The summed E-state index contributed by atoms with van der Waals surface area (Å²) in [5.41, 5.74) is 4.17. The summed E-state index contributed by atoms with van der Waals surface area (Å²) in [7, 11) is 0. The SMILES string of the molecule is Cc1ccc(-n2nc(C(=O)NC(C)(C)CO)c3c2CCC3)cc1. The zero-order valence-corrected chi connectivity index (χ0v) is 13.9. The number of aromatic nitrogens is 2. The Morgan fingerprint density at radius 1 is 1.30 bits per heavy atom. The first-order valence-electron chi connectivity index (χ1n) is 8.02. The zero-order valence-electron chi connectivity index (χ0n) is 13.9. The largest absolute Gasteiger partial charge is 0.394 e. The van der Waals surface area contributed by atoms with E-state index in [4.69, 9.17) is 0 Å². The molecule has 0 aliphatic heterocycles. The van der Waals surface area contributed by atoms with E-state index in [0.29, 0.717) is 5.69 Å².